The second-order valence-corrected chi connectivity index (χ2v) is 6.87. The fourth-order valence-electron chi connectivity index (χ4n) is 3.49. The molecule has 4 rings (SSSR count). The quantitative estimate of drug-likeness (QED) is 0.758. The molecular weight excluding hydrogens is 348 g/mol. The fourth-order valence-corrected chi connectivity index (χ4v) is 3.49. The van der Waals surface area contributed by atoms with Crippen molar-refractivity contribution in [1.29, 1.82) is 0 Å². The molecule has 0 unspecified atom stereocenters. The number of hydrogen-bond acceptors (Lipinski definition) is 6. The first-order chi connectivity index (χ1) is 13.0. The predicted molar refractivity (Wildman–Crippen MR) is 94.2 cm³/mol. The van der Waals surface area contributed by atoms with Crippen LogP contribution in [0.15, 0.2) is 36.7 Å². The molecule has 0 aliphatic carbocycles. The predicted octanol–water partition coefficient (Wildman–Crippen LogP) is 1.39. The zero-order valence-corrected chi connectivity index (χ0v) is 15.0. The Morgan fingerprint density at radius 3 is 2.33 bits per heavy atom. The molecule has 0 N–H and O–H groups in total. The normalized spacial score (nSPS) is 18.0. The van der Waals surface area contributed by atoms with Crippen LogP contribution < -0.4 is 0 Å². The fraction of sp³-hybridized carbons (Fsp3) is 0.368. The number of aromatic nitrogens is 2. The van der Waals surface area contributed by atoms with E-state index in [9.17, 15) is 14.4 Å². The summed E-state index contributed by atoms with van der Waals surface area (Å²) in [5.41, 5.74) is 0.528. The Morgan fingerprint density at radius 1 is 1.15 bits per heavy atom. The molecule has 1 aromatic heterocycles. The number of benzene rings is 1. The minimum Gasteiger partial charge on any atom is -0.337 e. The molecular formula is C19H20N4O4. The second-order valence-electron chi connectivity index (χ2n) is 6.87. The Kier molecular flexibility index (Phi) is 4.49. The summed E-state index contributed by atoms with van der Waals surface area (Å²) in [5, 5.41) is 0.591. The van der Waals surface area contributed by atoms with E-state index < -0.39 is 17.8 Å². The molecule has 2 aliphatic rings. The van der Waals surface area contributed by atoms with Gasteiger partial charge < -0.3 is 9.40 Å². The molecule has 1 saturated heterocycles. The van der Waals surface area contributed by atoms with Crippen molar-refractivity contribution in [3.63, 3.8) is 0 Å². The van der Waals surface area contributed by atoms with E-state index >= 15 is 0 Å². The maximum absolute atomic E-state index is 12.5. The molecule has 3 heterocycles. The molecule has 8 nitrogen and oxygen atoms in total. The number of carbonyl (C=O) groups is 3. The lowest BCUT2D eigenvalue weighted by atomic mass is 9.97. The Morgan fingerprint density at radius 2 is 1.78 bits per heavy atom. The second kappa shape index (κ2) is 6.96. The molecule has 0 spiro atoms. The highest BCUT2D eigenvalue weighted by Gasteiger charge is 2.40. The third kappa shape index (κ3) is 3.23. The number of rotatable bonds is 4. The van der Waals surface area contributed by atoms with E-state index in [2.05, 4.69) is 9.88 Å². The van der Waals surface area contributed by atoms with Gasteiger partial charge in [-0.25, -0.2) is 9.78 Å². The van der Waals surface area contributed by atoms with E-state index in [1.807, 2.05) is 17.8 Å². The zero-order valence-electron chi connectivity index (χ0n) is 15.0. The first-order valence-corrected chi connectivity index (χ1v) is 8.93. The Balaban J connectivity index is 1.33. The van der Waals surface area contributed by atoms with Crippen molar-refractivity contribution < 1.29 is 19.2 Å². The van der Waals surface area contributed by atoms with Crippen LogP contribution in [0, 0.1) is 5.92 Å². The van der Waals surface area contributed by atoms with Gasteiger partial charge in [-0.05, 0) is 38.1 Å². The smallest absolute Gasteiger partial charge is 0.336 e. The average Bonchev–Trinajstić information content (AvgIpc) is 3.19. The van der Waals surface area contributed by atoms with Crippen LogP contribution in [0.3, 0.4) is 0 Å². The summed E-state index contributed by atoms with van der Waals surface area (Å²) in [6.07, 6.45) is 4.90. The molecule has 140 valence electrons. The molecule has 2 amide bonds. The number of carbonyl (C=O) groups excluding carboxylic acids is 3. The monoisotopic (exact) mass is 368 g/mol. The summed E-state index contributed by atoms with van der Waals surface area (Å²) in [4.78, 5) is 48.8. The lowest BCUT2D eigenvalue weighted by Crippen LogP contribution is -2.40. The highest BCUT2D eigenvalue weighted by molar-refractivity contribution is 6.20. The zero-order chi connectivity index (χ0) is 19.0. The maximum atomic E-state index is 12.5. The van der Waals surface area contributed by atoms with Gasteiger partial charge >= 0.3 is 5.97 Å². The van der Waals surface area contributed by atoms with Gasteiger partial charge in [0.05, 0.1) is 23.6 Å². The van der Waals surface area contributed by atoms with Crippen LogP contribution in [0.4, 0.5) is 0 Å². The topological polar surface area (TPSA) is 84.7 Å². The summed E-state index contributed by atoms with van der Waals surface area (Å²) < 4.78 is 1.97. The third-order valence-electron chi connectivity index (χ3n) is 5.14. The summed E-state index contributed by atoms with van der Waals surface area (Å²) >= 11 is 0. The van der Waals surface area contributed by atoms with Gasteiger partial charge in [-0.1, -0.05) is 17.2 Å². The number of imidazole rings is 1. The molecule has 0 bridgehead atoms. The molecule has 2 aliphatic heterocycles. The Labute approximate surface area is 156 Å². The molecule has 0 atom stereocenters. The maximum Gasteiger partial charge on any atom is 0.336 e. The van der Waals surface area contributed by atoms with E-state index in [1.54, 1.807) is 30.5 Å². The van der Waals surface area contributed by atoms with Gasteiger partial charge in [0.1, 0.15) is 5.82 Å². The van der Waals surface area contributed by atoms with Crippen LogP contribution in [0.2, 0.25) is 0 Å². The van der Waals surface area contributed by atoms with Crippen LogP contribution >= 0.6 is 0 Å². The minimum atomic E-state index is -0.587. The lowest BCUT2D eigenvalue weighted by molar-refractivity contribution is -0.175. The van der Waals surface area contributed by atoms with Gasteiger partial charge in [0, 0.05) is 19.4 Å². The van der Waals surface area contributed by atoms with Crippen LogP contribution in [0.1, 0.15) is 39.4 Å². The summed E-state index contributed by atoms with van der Waals surface area (Å²) in [6, 6.07) is 6.46. The standard InChI is InChI=1S/C19H20N4O4/c1-21-11-8-20-16(21)12-22-9-6-13(7-10-22)19(26)27-23-17(24)14-4-2-3-5-15(14)18(23)25/h2-5,8,11,13H,6-7,9-10,12H2,1H3. The number of amides is 2. The molecule has 2 aromatic rings. The number of likely N-dealkylation sites (tertiary alicyclic amines) is 1. The number of hydrogen-bond donors (Lipinski definition) is 0. The summed E-state index contributed by atoms with van der Waals surface area (Å²) in [7, 11) is 1.95. The number of piperidine rings is 1. The number of fused-ring (bicyclic) bond motifs is 1. The van der Waals surface area contributed by atoms with Crippen molar-refractivity contribution >= 4 is 17.8 Å². The molecule has 0 saturated carbocycles. The minimum absolute atomic E-state index is 0.264. The van der Waals surface area contributed by atoms with Gasteiger partial charge in [-0.3, -0.25) is 14.5 Å². The van der Waals surface area contributed by atoms with Gasteiger partial charge in [0.2, 0.25) is 0 Å². The van der Waals surface area contributed by atoms with Gasteiger partial charge in [0.15, 0.2) is 0 Å². The van der Waals surface area contributed by atoms with Crippen molar-refractivity contribution in [2.45, 2.75) is 19.4 Å². The number of aryl methyl sites for hydroxylation is 1. The van der Waals surface area contributed by atoms with Crippen molar-refractivity contribution in [2.24, 2.45) is 13.0 Å². The summed E-state index contributed by atoms with van der Waals surface area (Å²) in [6.45, 7) is 2.19. The van der Waals surface area contributed by atoms with Crippen molar-refractivity contribution in [1.82, 2.24) is 19.5 Å². The highest BCUT2D eigenvalue weighted by Crippen LogP contribution is 2.25. The number of nitrogens with zero attached hydrogens (tertiary/aromatic N) is 4. The van der Waals surface area contributed by atoms with Crippen molar-refractivity contribution in [3.05, 3.63) is 53.6 Å². The summed E-state index contributed by atoms with van der Waals surface area (Å²) in [5.74, 6) is -1.05. The largest absolute Gasteiger partial charge is 0.337 e. The van der Waals surface area contributed by atoms with Crippen LogP contribution in [-0.4, -0.2) is 50.4 Å². The van der Waals surface area contributed by atoms with E-state index in [1.165, 1.54) is 0 Å². The number of hydroxylamine groups is 2. The van der Waals surface area contributed by atoms with E-state index in [-0.39, 0.29) is 17.0 Å². The Hall–Kier alpha value is -3.00. The van der Waals surface area contributed by atoms with Crippen molar-refractivity contribution in [3.8, 4) is 0 Å². The first kappa shape index (κ1) is 17.4. The van der Waals surface area contributed by atoms with Crippen molar-refractivity contribution in [2.75, 3.05) is 13.1 Å². The van der Waals surface area contributed by atoms with E-state index in [0.717, 1.165) is 25.5 Å². The van der Waals surface area contributed by atoms with Crippen LogP contribution in [0.25, 0.3) is 0 Å². The molecule has 27 heavy (non-hydrogen) atoms. The lowest BCUT2D eigenvalue weighted by Gasteiger charge is -2.30. The SMILES string of the molecule is Cn1ccnc1CN1CCC(C(=O)ON2C(=O)c3ccccc3C2=O)CC1. The van der Waals surface area contributed by atoms with Gasteiger partial charge in [0.25, 0.3) is 11.8 Å². The van der Waals surface area contributed by atoms with E-state index in [4.69, 9.17) is 4.84 Å². The highest BCUT2D eigenvalue weighted by atomic mass is 16.7. The number of imide groups is 1. The van der Waals surface area contributed by atoms with Crippen LogP contribution in [-0.2, 0) is 23.2 Å². The molecule has 1 aromatic carbocycles. The van der Waals surface area contributed by atoms with Gasteiger partial charge in [-0.15, -0.1) is 0 Å². The first-order valence-electron chi connectivity index (χ1n) is 8.93. The van der Waals surface area contributed by atoms with E-state index in [0.29, 0.717) is 17.9 Å². The molecule has 8 heteroatoms. The Bertz CT molecular complexity index is 864. The van der Waals surface area contributed by atoms with Crippen LogP contribution in [0.5, 0.6) is 0 Å². The third-order valence-corrected chi connectivity index (χ3v) is 5.14. The molecule has 0 radical (unpaired) electrons. The molecule has 1 fully saturated rings. The van der Waals surface area contributed by atoms with Gasteiger partial charge in [-0.2, -0.15) is 0 Å². The average molecular weight is 368 g/mol.